The van der Waals surface area contributed by atoms with Gasteiger partial charge in [-0.1, -0.05) is 28.9 Å². The van der Waals surface area contributed by atoms with Crippen molar-refractivity contribution in [1.82, 2.24) is 0 Å². The molecule has 0 bridgehead atoms. The fraction of sp³-hybridized carbons (Fsp3) is 0.571. The number of halogens is 2. The van der Waals surface area contributed by atoms with E-state index in [0.717, 1.165) is 16.9 Å². The first-order valence-electron chi connectivity index (χ1n) is 6.23. The molecule has 2 unspecified atom stereocenters. The highest BCUT2D eigenvalue weighted by Crippen LogP contribution is 2.32. The number of alkyl halides is 1. The zero-order valence-corrected chi connectivity index (χ0v) is 12.8. The quantitative estimate of drug-likeness (QED) is 0.708. The van der Waals surface area contributed by atoms with Crippen molar-refractivity contribution < 1.29 is 0 Å². The molecule has 1 heterocycles. The van der Waals surface area contributed by atoms with Crippen LogP contribution in [0.15, 0.2) is 22.7 Å². The van der Waals surface area contributed by atoms with Crippen molar-refractivity contribution in [3.8, 4) is 0 Å². The molecule has 1 aromatic rings. The maximum atomic E-state index is 6.04. The van der Waals surface area contributed by atoms with E-state index in [0.29, 0.717) is 11.9 Å². The van der Waals surface area contributed by atoms with E-state index >= 15 is 0 Å². The number of benzene rings is 1. The molecule has 0 N–H and O–H groups in total. The molecule has 94 valence electrons. The Morgan fingerprint density at radius 2 is 2.18 bits per heavy atom. The van der Waals surface area contributed by atoms with Gasteiger partial charge in [0.05, 0.1) is 0 Å². The van der Waals surface area contributed by atoms with E-state index in [1.807, 2.05) is 0 Å². The van der Waals surface area contributed by atoms with Crippen LogP contribution in [0.25, 0.3) is 0 Å². The molecule has 1 saturated heterocycles. The summed E-state index contributed by atoms with van der Waals surface area (Å²) in [6.45, 7) is 5.80. The van der Waals surface area contributed by atoms with Crippen LogP contribution in [0.3, 0.4) is 0 Å². The van der Waals surface area contributed by atoms with Crippen molar-refractivity contribution in [2.75, 3.05) is 11.4 Å². The van der Waals surface area contributed by atoms with Gasteiger partial charge in [-0.05, 0) is 43.4 Å². The number of anilines is 1. The topological polar surface area (TPSA) is 3.24 Å². The van der Waals surface area contributed by atoms with Gasteiger partial charge in [-0.2, -0.15) is 0 Å². The molecule has 1 nitrogen and oxygen atoms in total. The zero-order valence-electron chi connectivity index (χ0n) is 10.4. The maximum Gasteiger partial charge on any atom is 0.0494 e. The van der Waals surface area contributed by atoms with Crippen LogP contribution in [-0.2, 0) is 5.88 Å². The Kier molecular flexibility index (Phi) is 4.37. The minimum atomic E-state index is 0.585. The van der Waals surface area contributed by atoms with Crippen LogP contribution in [0.5, 0.6) is 0 Å². The molecule has 0 radical (unpaired) electrons. The largest absolute Gasteiger partial charge is 0.369 e. The standard InChI is InChI=1S/C14H19BrClN/c1-10-5-6-17(11(2)7-10)14-8-13(15)4-3-12(14)9-16/h3-4,8,10-11H,5-7,9H2,1-2H3. The lowest BCUT2D eigenvalue weighted by Gasteiger charge is -2.39. The summed E-state index contributed by atoms with van der Waals surface area (Å²) in [5.74, 6) is 1.43. The third-order valence-electron chi connectivity index (χ3n) is 3.64. The van der Waals surface area contributed by atoms with Crippen molar-refractivity contribution in [3.63, 3.8) is 0 Å². The molecule has 2 atom stereocenters. The number of piperidine rings is 1. The van der Waals surface area contributed by atoms with Gasteiger partial charge in [-0.15, -0.1) is 11.6 Å². The van der Waals surface area contributed by atoms with E-state index in [9.17, 15) is 0 Å². The van der Waals surface area contributed by atoms with Crippen LogP contribution in [0.4, 0.5) is 5.69 Å². The van der Waals surface area contributed by atoms with Crippen LogP contribution in [0, 0.1) is 5.92 Å². The van der Waals surface area contributed by atoms with E-state index in [1.54, 1.807) is 0 Å². The summed E-state index contributed by atoms with van der Waals surface area (Å²) in [5, 5.41) is 0. The Bertz CT molecular complexity index is 394. The molecule has 1 fully saturated rings. The second kappa shape index (κ2) is 5.62. The molecule has 0 amide bonds. The van der Waals surface area contributed by atoms with Crippen LogP contribution < -0.4 is 4.90 Å². The Morgan fingerprint density at radius 3 is 2.82 bits per heavy atom. The molecule has 0 aliphatic carbocycles. The predicted octanol–water partition coefficient (Wildman–Crippen LogP) is 4.81. The summed E-state index contributed by atoms with van der Waals surface area (Å²) < 4.78 is 1.13. The number of nitrogens with zero attached hydrogens (tertiary/aromatic N) is 1. The molecular weight excluding hydrogens is 298 g/mol. The van der Waals surface area contributed by atoms with Gasteiger partial charge in [0.2, 0.25) is 0 Å². The Hall–Kier alpha value is -0.210. The first kappa shape index (κ1) is 13.2. The first-order valence-corrected chi connectivity index (χ1v) is 7.55. The summed E-state index contributed by atoms with van der Waals surface area (Å²) in [6.07, 6.45) is 2.55. The molecular formula is C14H19BrClN. The van der Waals surface area contributed by atoms with Crippen molar-refractivity contribution >= 4 is 33.2 Å². The molecule has 17 heavy (non-hydrogen) atoms. The number of rotatable bonds is 2. The number of hydrogen-bond donors (Lipinski definition) is 0. The van der Waals surface area contributed by atoms with E-state index in [2.05, 4.69) is 52.9 Å². The zero-order chi connectivity index (χ0) is 12.4. The molecule has 0 spiro atoms. The third kappa shape index (κ3) is 2.97. The van der Waals surface area contributed by atoms with Gasteiger partial charge >= 0.3 is 0 Å². The van der Waals surface area contributed by atoms with Gasteiger partial charge < -0.3 is 4.90 Å². The lowest BCUT2D eigenvalue weighted by Crippen LogP contribution is -2.40. The molecule has 0 saturated carbocycles. The van der Waals surface area contributed by atoms with Crippen molar-refractivity contribution in [1.29, 1.82) is 0 Å². The lowest BCUT2D eigenvalue weighted by atomic mass is 9.92. The van der Waals surface area contributed by atoms with Gasteiger partial charge in [0.1, 0.15) is 0 Å². The van der Waals surface area contributed by atoms with Gasteiger partial charge in [-0.3, -0.25) is 0 Å². The average Bonchev–Trinajstić information content (AvgIpc) is 2.29. The van der Waals surface area contributed by atoms with E-state index in [1.165, 1.54) is 24.1 Å². The first-order chi connectivity index (χ1) is 8.11. The van der Waals surface area contributed by atoms with Crippen LogP contribution in [-0.4, -0.2) is 12.6 Å². The molecule has 1 aromatic carbocycles. The lowest BCUT2D eigenvalue weighted by molar-refractivity contribution is 0.377. The van der Waals surface area contributed by atoms with Crippen LogP contribution in [0.1, 0.15) is 32.3 Å². The molecule has 3 heteroatoms. The predicted molar refractivity (Wildman–Crippen MR) is 78.9 cm³/mol. The molecule has 1 aliphatic heterocycles. The van der Waals surface area contributed by atoms with Crippen LogP contribution in [0.2, 0.25) is 0 Å². The van der Waals surface area contributed by atoms with Gasteiger partial charge in [0, 0.05) is 28.6 Å². The smallest absolute Gasteiger partial charge is 0.0494 e. The Morgan fingerprint density at radius 1 is 1.41 bits per heavy atom. The normalized spacial score (nSPS) is 25.1. The summed E-state index contributed by atoms with van der Waals surface area (Å²) in [4.78, 5) is 2.50. The van der Waals surface area contributed by atoms with E-state index in [4.69, 9.17) is 11.6 Å². The summed E-state index contributed by atoms with van der Waals surface area (Å²) >= 11 is 9.59. The second-order valence-corrected chi connectivity index (χ2v) is 6.26. The fourth-order valence-corrected chi connectivity index (χ4v) is 3.26. The Labute approximate surface area is 117 Å². The highest BCUT2D eigenvalue weighted by Gasteiger charge is 2.24. The van der Waals surface area contributed by atoms with Gasteiger partial charge in [0.15, 0.2) is 0 Å². The second-order valence-electron chi connectivity index (χ2n) is 5.08. The fourth-order valence-electron chi connectivity index (χ4n) is 2.68. The highest BCUT2D eigenvalue weighted by atomic mass is 79.9. The summed E-state index contributed by atoms with van der Waals surface area (Å²) in [7, 11) is 0. The minimum Gasteiger partial charge on any atom is -0.369 e. The SMILES string of the molecule is CC1CCN(c2cc(Br)ccc2CCl)C(C)C1. The van der Waals surface area contributed by atoms with Crippen LogP contribution >= 0.6 is 27.5 Å². The van der Waals surface area contributed by atoms with Crippen molar-refractivity contribution in [3.05, 3.63) is 28.2 Å². The maximum absolute atomic E-state index is 6.04. The summed E-state index contributed by atoms with van der Waals surface area (Å²) in [6, 6.07) is 7.00. The van der Waals surface area contributed by atoms with Crippen molar-refractivity contribution in [2.24, 2.45) is 5.92 Å². The minimum absolute atomic E-state index is 0.585. The molecule has 0 aromatic heterocycles. The third-order valence-corrected chi connectivity index (χ3v) is 4.42. The summed E-state index contributed by atoms with van der Waals surface area (Å²) in [5.41, 5.74) is 2.53. The molecule has 1 aliphatic rings. The monoisotopic (exact) mass is 315 g/mol. The van der Waals surface area contributed by atoms with Crippen molar-refractivity contribution in [2.45, 2.75) is 38.6 Å². The highest BCUT2D eigenvalue weighted by molar-refractivity contribution is 9.10. The molecule has 2 rings (SSSR count). The van der Waals surface area contributed by atoms with E-state index in [-0.39, 0.29) is 0 Å². The van der Waals surface area contributed by atoms with E-state index < -0.39 is 0 Å². The Balaban J connectivity index is 2.29. The van der Waals surface area contributed by atoms with Gasteiger partial charge in [-0.25, -0.2) is 0 Å². The van der Waals surface area contributed by atoms with Gasteiger partial charge in [0.25, 0.3) is 0 Å². The number of hydrogen-bond acceptors (Lipinski definition) is 1. The average molecular weight is 317 g/mol.